The van der Waals surface area contributed by atoms with E-state index in [9.17, 15) is 8.42 Å². The zero-order valence-corrected chi connectivity index (χ0v) is 15.2. The number of nitrogens with zero attached hydrogens (tertiary/aromatic N) is 3. The molecule has 3 rings (SSSR count). The molecule has 0 fully saturated rings. The van der Waals surface area contributed by atoms with Gasteiger partial charge in [-0.15, -0.1) is 0 Å². The summed E-state index contributed by atoms with van der Waals surface area (Å²) in [6.45, 7) is 0.610. The molecule has 1 aromatic heterocycles. The van der Waals surface area contributed by atoms with E-state index < -0.39 is 10.0 Å². The molecule has 0 unspecified atom stereocenters. The molecule has 0 bridgehead atoms. The van der Waals surface area contributed by atoms with Crippen LogP contribution in [0, 0.1) is 11.3 Å². The van der Waals surface area contributed by atoms with Crippen LogP contribution < -0.4 is 4.72 Å². The Balaban J connectivity index is 1.73. The third-order valence-electron chi connectivity index (χ3n) is 3.80. The van der Waals surface area contributed by atoms with E-state index in [-0.39, 0.29) is 16.5 Å². The van der Waals surface area contributed by atoms with Crippen molar-refractivity contribution in [3.05, 3.63) is 82.9 Å². The van der Waals surface area contributed by atoms with Crippen molar-refractivity contribution < 1.29 is 8.42 Å². The first kappa shape index (κ1) is 18.1. The molecule has 6 nitrogen and oxygen atoms in total. The van der Waals surface area contributed by atoms with Gasteiger partial charge in [-0.25, -0.2) is 18.1 Å². The first-order valence-corrected chi connectivity index (χ1v) is 9.58. The summed E-state index contributed by atoms with van der Waals surface area (Å²) in [5.74, 6) is 0. The fourth-order valence-electron chi connectivity index (χ4n) is 2.43. The smallest absolute Gasteiger partial charge is 0.242 e. The van der Waals surface area contributed by atoms with Gasteiger partial charge in [0, 0.05) is 12.7 Å². The number of hydrogen-bond donors (Lipinski definition) is 1. The van der Waals surface area contributed by atoms with Gasteiger partial charge in [-0.05, 0) is 29.8 Å². The van der Waals surface area contributed by atoms with E-state index in [0.717, 1.165) is 5.56 Å². The van der Waals surface area contributed by atoms with Gasteiger partial charge in [0.15, 0.2) is 0 Å². The Morgan fingerprint density at radius 2 is 1.88 bits per heavy atom. The molecule has 0 saturated heterocycles. The monoisotopic (exact) mass is 386 g/mol. The second kappa shape index (κ2) is 7.70. The van der Waals surface area contributed by atoms with Crippen LogP contribution in [0.4, 0.5) is 0 Å². The average Bonchev–Trinajstić information content (AvgIpc) is 3.08. The van der Waals surface area contributed by atoms with Gasteiger partial charge >= 0.3 is 0 Å². The highest BCUT2D eigenvalue weighted by molar-refractivity contribution is 7.89. The number of nitriles is 1. The van der Waals surface area contributed by atoms with Crippen LogP contribution in [0.5, 0.6) is 0 Å². The largest absolute Gasteiger partial charge is 0.329 e. The molecule has 8 heteroatoms. The molecule has 26 heavy (non-hydrogen) atoms. The van der Waals surface area contributed by atoms with Crippen molar-refractivity contribution in [3.63, 3.8) is 0 Å². The van der Waals surface area contributed by atoms with E-state index in [1.165, 1.54) is 12.1 Å². The lowest BCUT2D eigenvalue weighted by Gasteiger charge is -2.11. The van der Waals surface area contributed by atoms with Crippen LogP contribution in [0.2, 0.25) is 5.02 Å². The maximum absolute atomic E-state index is 12.4. The zero-order chi connectivity index (χ0) is 18.6. The van der Waals surface area contributed by atoms with Crippen molar-refractivity contribution in [3.8, 4) is 6.07 Å². The molecule has 0 amide bonds. The normalized spacial score (nSPS) is 11.2. The van der Waals surface area contributed by atoms with Crippen molar-refractivity contribution in [2.45, 2.75) is 18.0 Å². The average molecular weight is 387 g/mol. The molecule has 3 aromatic rings. The number of aromatic nitrogens is 2. The van der Waals surface area contributed by atoms with Crippen LogP contribution in [-0.4, -0.2) is 18.0 Å². The molecule has 132 valence electrons. The van der Waals surface area contributed by atoms with Gasteiger partial charge in [0.25, 0.3) is 0 Å². The van der Waals surface area contributed by atoms with Crippen LogP contribution in [-0.2, 0) is 23.1 Å². The summed E-state index contributed by atoms with van der Waals surface area (Å²) in [5.41, 5.74) is 2.29. The summed E-state index contributed by atoms with van der Waals surface area (Å²) in [6, 6.07) is 15.6. The minimum atomic E-state index is -3.72. The Bertz CT molecular complexity index is 1050. The van der Waals surface area contributed by atoms with Gasteiger partial charge in [-0.3, -0.25) is 0 Å². The maximum Gasteiger partial charge on any atom is 0.242 e. The minimum Gasteiger partial charge on any atom is -0.329 e. The highest BCUT2D eigenvalue weighted by Gasteiger charge is 2.17. The molecule has 0 atom stereocenters. The van der Waals surface area contributed by atoms with E-state index in [1.807, 2.05) is 16.7 Å². The van der Waals surface area contributed by atoms with Crippen LogP contribution in [0.25, 0.3) is 0 Å². The lowest BCUT2D eigenvalue weighted by atomic mass is 10.1. The molecule has 0 aliphatic heterocycles. The van der Waals surface area contributed by atoms with Crippen molar-refractivity contribution in [2.24, 2.45) is 0 Å². The Morgan fingerprint density at radius 1 is 1.15 bits per heavy atom. The molecule has 2 aromatic carbocycles. The SMILES string of the molecule is N#Cc1ccc(Cn2cncc2CNS(=O)(=O)c2ccccc2Cl)cc1. The molecular weight excluding hydrogens is 372 g/mol. The standard InChI is InChI=1S/C18H15ClN4O2S/c19-17-3-1-2-4-18(17)26(24,25)22-11-16-10-21-13-23(16)12-15-7-5-14(9-20)6-8-15/h1-8,10,13,22H,11-12H2. The van der Waals surface area contributed by atoms with Gasteiger partial charge < -0.3 is 4.57 Å². The van der Waals surface area contributed by atoms with Crippen molar-refractivity contribution in [1.82, 2.24) is 14.3 Å². The number of imidazole rings is 1. The number of benzene rings is 2. The van der Waals surface area contributed by atoms with Gasteiger partial charge in [-0.2, -0.15) is 5.26 Å². The topological polar surface area (TPSA) is 87.8 Å². The highest BCUT2D eigenvalue weighted by Crippen LogP contribution is 2.20. The van der Waals surface area contributed by atoms with Crippen LogP contribution in [0.15, 0.2) is 66.0 Å². The Hall–Kier alpha value is -2.66. The summed E-state index contributed by atoms with van der Waals surface area (Å²) < 4.78 is 29.3. The molecule has 0 radical (unpaired) electrons. The fraction of sp³-hybridized carbons (Fsp3) is 0.111. The third-order valence-corrected chi connectivity index (χ3v) is 5.70. The quantitative estimate of drug-likeness (QED) is 0.705. The van der Waals surface area contributed by atoms with Gasteiger partial charge in [0.2, 0.25) is 10.0 Å². The minimum absolute atomic E-state index is 0.0415. The number of hydrogen-bond acceptors (Lipinski definition) is 4. The lowest BCUT2D eigenvalue weighted by molar-refractivity contribution is 0.578. The van der Waals surface area contributed by atoms with Crippen molar-refractivity contribution in [2.75, 3.05) is 0 Å². The Morgan fingerprint density at radius 3 is 2.58 bits per heavy atom. The van der Waals surface area contributed by atoms with Crippen LogP contribution in [0.3, 0.4) is 0 Å². The zero-order valence-electron chi connectivity index (χ0n) is 13.6. The maximum atomic E-state index is 12.4. The second-order valence-corrected chi connectivity index (χ2v) is 7.72. The van der Waals surface area contributed by atoms with Gasteiger partial charge in [0.05, 0.1) is 35.2 Å². The van der Waals surface area contributed by atoms with Gasteiger partial charge in [-0.1, -0.05) is 35.9 Å². The molecule has 0 spiro atoms. The molecule has 0 aliphatic rings. The van der Waals surface area contributed by atoms with Crippen LogP contribution >= 0.6 is 11.6 Å². The summed E-state index contributed by atoms with van der Waals surface area (Å²) in [7, 11) is -3.72. The summed E-state index contributed by atoms with van der Waals surface area (Å²) >= 11 is 5.97. The van der Waals surface area contributed by atoms with Gasteiger partial charge in [0.1, 0.15) is 4.90 Å². The fourth-order valence-corrected chi connectivity index (χ4v) is 3.94. The summed E-state index contributed by atoms with van der Waals surface area (Å²) in [5, 5.41) is 9.02. The third kappa shape index (κ3) is 4.11. The molecular formula is C18H15ClN4O2S. The second-order valence-electron chi connectivity index (χ2n) is 5.58. The van der Waals surface area contributed by atoms with E-state index in [0.29, 0.717) is 17.8 Å². The molecule has 1 N–H and O–H groups in total. The Labute approximate surface area is 156 Å². The number of halogens is 1. The van der Waals surface area contributed by atoms with Crippen molar-refractivity contribution in [1.29, 1.82) is 5.26 Å². The lowest BCUT2D eigenvalue weighted by Crippen LogP contribution is -2.25. The van der Waals surface area contributed by atoms with E-state index >= 15 is 0 Å². The molecule has 1 heterocycles. The van der Waals surface area contributed by atoms with Crippen LogP contribution in [0.1, 0.15) is 16.8 Å². The van der Waals surface area contributed by atoms with E-state index in [1.54, 1.807) is 36.8 Å². The Kier molecular flexibility index (Phi) is 5.38. The number of nitrogens with one attached hydrogen (secondary N) is 1. The predicted molar refractivity (Wildman–Crippen MR) is 98.0 cm³/mol. The van der Waals surface area contributed by atoms with E-state index in [4.69, 9.17) is 16.9 Å². The molecule has 0 saturated carbocycles. The predicted octanol–water partition coefficient (Wildman–Crippen LogP) is 2.93. The van der Waals surface area contributed by atoms with E-state index in [2.05, 4.69) is 15.8 Å². The summed E-state index contributed by atoms with van der Waals surface area (Å²) in [4.78, 5) is 4.13. The number of sulfonamides is 1. The highest BCUT2D eigenvalue weighted by atomic mass is 35.5. The number of rotatable bonds is 6. The summed E-state index contributed by atoms with van der Waals surface area (Å²) in [6.07, 6.45) is 3.25. The first-order chi connectivity index (χ1) is 12.5. The first-order valence-electron chi connectivity index (χ1n) is 7.72. The van der Waals surface area contributed by atoms with Crippen molar-refractivity contribution >= 4 is 21.6 Å². The molecule has 0 aliphatic carbocycles.